The summed E-state index contributed by atoms with van der Waals surface area (Å²) in [5.74, 6) is -0.115. The molecule has 1 atom stereocenters. The number of aliphatic hydroxyl groups excluding tert-OH is 1. The van der Waals surface area contributed by atoms with E-state index in [1.807, 2.05) is 0 Å². The monoisotopic (exact) mass is 420 g/mol. The number of anilines is 1. The third kappa shape index (κ3) is 3.52. The third-order valence-electron chi connectivity index (χ3n) is 5.08. The van der Waals surface area contributed by atoms with E-state index in [0.717, 1.165) is 0 Å². The zero-order valence-electron chi connectivity index (χ0n) is 17.2. The van der Waals surface area contributed by atoms with Crippen LogP contribution in [0.1, 0.15) is 22.9 Å². The summed E-state index contributed by atoms with van der Waals surface area (Å²) in [6.45, 7) is 1.69. The number of benzene rings is 2. The molecule has 4 rings (SSSR count). The number of nitrogens with zero attached hydrogens (tertiary/aromatic N) is 2. The van der Waals surface area contributed by atoms with Crippen LogP contribution in [-0.4, -0.2) is 36.2 Å². The van der Waals surface area contributed by atoms with Gasteiger partial charge < -0.3 is 19.1 Å². The molecule has 31 heavy (non-hydrogen) atoms. The fourth-order valence-electron chi connectivity index (χ4n) is 3.57. The van der Waals surface area contributed by atoms with Gasteiger partial charge in [0.2, 0.25) is 0 Å². The van der Waals surface area contributed by atoms with Crippen molar-refractivity contribution >= 4 is 23.3 Å². The second-order valence-corrected chi connectivity index (χ2v) is 6.97. The SMILES string of the molecule is COc1ccc(/C(O)=C2\C(=O)C(=O)N(c3cc(C)on3)C2c2cccc(OC)c2)cc1. The summed E-state index contributed by atoms with van der Waals surface area (Å²) in [5.41, 5.74) is 0.904. The van der Waals surface area contributed by atoms with Crippen LogP contribution in [0.2, 0.25) is 0 Å². The Hall–Kier alpha value is -4.07. The van der Waals surface area contributed by atoms with Crippen LogP contribution in [0.5, 0.6) is 11.5 Å². The molecule has 0 spiro atoms. The van der Waals surface area contributed by atoms with Crippen molar-refractivity contribution in [3.8, 4) is 11.5 Å². The van der Waals surface area contributed by atoms with Crippen LogP contribution in [0.25, 0.3) is 5.76 Å². The molecule has 1 aliphatic rings. The van der Waals surface area contributed by atoms with Crippen molar-refractivity contribution < 1.29 is 28.7 Å². The molecule has 3 aromatic rings. The number of ketones is 1. The van der Waals surface area contributed by atoms with Crippen molar-refractivity contribution in [3.05, 3.63) is 77.1 Å². The summed E-state index contributed by atoms with van der Waals surface area (Å²) >= 11 is 0. The summed E-state index contributed by atoms with van der Waals surface area (Å²) < 4.78 is 15.6. The maximum Gasteiger partial charge on any atom is 0.301 e. The van der Waals surface area contributed by atoms with Gasteiger partial charge in [0.15, 0.2) is 5.82 Å². The molecule has 0 radical (unpaired) electrons. The fourth-order valence-corrected chi connectivity index (χ4v) is 3.57. The van der Waals surface area contributed by atoms with Gasteiger partial charge in [-0.15, -0.1) is 0 Å². The van der Waals surface area contributed by atoms with Gasteiger partial charge in [-0.3, -0.25) is 14.5 Å². The van der Waals surface area contributed by atoms with Crippen LogP contribution in [-0.2, 0) is 9.59 Å². The molecule has 1 N–H and O–H groups in total. The Bertz CT molecular complexity index is 1180. The first-order valence-electron chi connectivity index (χ1n) is 9.47. The number of hydrogen-bond donors (Lipinski definition) is 1. The Kier molecular flexibility index (Phi) is 5.21. The number of aromatic nitrogens is 1. The molecular formula is C23H20N2O6. The van der Waals surface area contributed by atoms with Gasteiger partial charge in [0.25, 0.3) is 5.78 Å². The van der Waals surface area contributed by atoms with Gasteiger partial charge in [0.05, 0.1) is 25.8 Å². The van der Waals surface area contributed by atoms with E-state index < -0.39 is 17.7 Å². The van der Waals surface area contributed by atoms with Crippen molar-refractivity contribution in [3.63, 3.8) is 0 Å². The van der Waals surface area contributed by atoms with E-state index >= 15 is 0 Å². The minimum Gasteiger partial charge on any atom is -0.507 e. The summed E-state index contributed by atoms with van der Waals surface area (Å²) in [6, 6.07) is 14.1. The smallest absolute Gasteiger partial charge is 0.301 e. The maximum absolute atomic E-state index is 13.0. The number of carbonyl (C=O) groups is 2. The van der Waals surface area contributed by atoms with Crippen LogP contribution < -0.4 is 14.4 Å². The Morgan fingerprint density at radius 3 is 2.35 bits per heavy atom. The zero-order valence-corrected chi connectivity index (χ0v) is 17.2. The Balaban J connectivity index is 1.92. The lowest BCUT2D eigenvalue weighted by molar-refractivity contribution is -0.132. The van der Waals surface area contributed by atoms with Crippen LogP contribution in [0.15, 0.2) is 64.7 Å². The van der Waals surface area contributed by atoms with Crippen LogP contribution in [0.4, 0.5) is 5.82 Å². The Morgan fingerprint density at radius 2 is 1.74 bits per heavy atom. The highest BCUT2D eigenvalue weighted by Gasteiger charge is 2.48. The first kappa shape index (κ1) is 20.2. The van der Waals surface area contributed by atoms with E-state index in [9.17, 15) is 14.7 Å². The van der Waals surface area contributed by atoms with E-state index in [2.05, 4.69) is 5.16 Å². The number of methoxy groups -OCH3 is 2. The molecule has 8 heteroatoms. The van der Waals surface area contributed by atoms with E-state index in [-0.39, 0.29) is 17.2 Å². The van der Waals surface area contributed by atoms with Crippen LogP contribution >= 0.6 is 0 Å². The first-order chi connectivity index (χ1) is 14.9. The Labute approximate surface area is 178 Å². The molecular weight excluding hydrogens is 400 g/mol. The molecule has 0 bridgehead atoms. The molecule has 8 nitrogen and oxygen atoms in total. The fraction of sp³-hybridized carbons (Fsp3) is 0.174. The summed E-state index contributed by atoms with van der Waals surface area (Å²) in [7, 11) is 3.05. The standard InChI is InChI=1S/C23H20N2O6/c1-13-11-18(24-31-13)25-20(15-5-4-6-17(12-15)30-3)19(22(27)23(25)28)21(26)14-7-9-16(29-2)10-8-14/h4-12,20,26H,1-3H3/b21-19+. The zero-order chi connectivity index (χ0) is 22.1. The van der Waals surface area contributed by atoms with Crippen molar-refractivity contribution in [2.75, 3.05) is 19.1 Å². The number of aryl methyl sites for hydroxylation is 1. The molecule has 1 aromatic heterocycles. The van der Waals surface area contributed by atoms with Crippen molar-refractivity contribution in [2.24, 2.45) is 0 Å². The van der Waals surface area contributed by atoms with Crippen molar-refractivity contribution in [2.45, 2.75) is 13.0 Å². The maximum atomic E-state index is 13.0. The largest absolute Gasteiger partial charge is 0.507 e. The van der Waals surface area contributed by atoms with E-state index in [4.69, 9.17) is 14.0 Å². The lowest BCUT2D eigenvalue weighted by Gasteiger charge is -2.23. The van der Waals surface area contributed by atoms with Crippen molar-refractivity contribution in [1.29, 1.82) is 0 Å². The van der Waals surface area contributed by atoms with E-state index in [1.165, 1.54) is 19.1 Å². The van der Waals surface area contributed by atoms with Crippen LogP contribution in [0, 0.1) is 6.92 Å². The third-order valence-corrected chi connectivity index (χ3v) is 5.08. The summed E-state index contributed by atoms with van der Waals surface area (Å²) in [6.07, 6.45) is 0. The second-order valence-electron chi connectivity index (χ2n) is 6.97. The second kappa shape index (κ2) is 7.98. The van der Waals surface area contributed by atoms with Gasteiger partial charge in [-0.05, 0) is 48.9 Å². The number of rotatable bonds is 5. The van der Waals surface area contributed by atoms with E-state index in [0.29, 0.717) is 28.4 Å². The highest BCUT2D eigenvalue weighted by molar-refractivity contribution is 6.51. The predicted octanol–water partition coefficient (Wildman–Crippen LogP) is 3.63. The number of aliphatic hydroxyl groups is 1. The summed E-state index contributed by atoms with van der Waals surface area (Å²) in [4.78, 5) is 27.3. The van der Waals surface area contributed by atoms with Gasteiger partial charge in [-0.2, -0.15) is 0 Å². The predicted molar refractivity (Wildman–Crippen MR) is 112 cm³/mol. The lowest BCUT2D eigenvalue weighted by Crippen LogP contribution is -2.29. The number of hydrogen-bond acceptors (Lipinski definition) is 7. The molecule has 1 amide bonds. The van der Waals surface area contributed by atoms with Crippen LogP contribution in [0.3, 0.4) is 0 Å². The topological polar surface area (TPSA) is 102 Å². The highest BCUT2D eigenvalue weighted by Crippen LogP contribution is 2.42. The molecule has 2 heterocycles. The molecule has 0 aliphatic carbocycles. The van der Waals surface area contributed by atoms with Gasteiger partial charge in [0.1, 0.15) is 23.0 Å². The molecule has 0 saturated carbocycles. The number of carbonyl (C=O) groups excluding carboxylic acids is 2. The molecule has 1 fully saturated rings. The minimum atomic E-state index is -0.915. The normalized spacial score (nSPS) is 17.8. The average Bonchev–Trinajstić information content (AvgIpc) is 3.34. The number of amides is 1. The number of ether oxygens (including phenoxy) is 2. The molecule has 158 valence electrons. The summed E-state index contributed by atoms with van der Waals surface area (Å²) in [5, 5.41) is 15.0. The molecule has 1 saturated heterocycles. The van der Waals surface area contributed by atoms with Gasteiger partial charge in [0, 0.05) is 11.6 Å². The quantitative estimate of drug-likeness (QED) is 0.382. The Morgan fingerprint density at radius 1 is 1.03 bits per heavy atom. The first-order valence-corrected chi connectivity index (χ1v) is 9.47. The molecule has 2 aromatic carbocycles. The molecule has 1 unspecified atom stereocenters. The lowest BCUT2D eigenvalue weighted by atomic mass is 9.95. The van der Waals surface area contributed by atoms with E-state index in [1.54, 1.807) is 61.5 Å². The average molecular weight is 420 g/mol. The highest BCUT2D eigenvalue weighted by atomic mass is 16.5. The van der Waals surface area contributed by atoms with Gasteiger partial charge >= 0.3 is 5.91 Å². The van der Waals surface area contributed by atoms with Gasteiger partial charge in [-0.1, -0.05) is 17.3 Å². The van der Waals surface area contributed by atoms with Crippen molar-refractivity contribution in [1.82, 2.24) is 5.16 Å². The molecule has 1 aliphatic heterocycles. The number of Topliss-reactive ketones (excluding diaryl/α,β-unsaturated/α-hetero) is 1. The minimum absolute atomic E-state index is 0.0518. The van der Waals surface area contributed by atoms with Gasteiger partial charge in [-0.25, -0.2) is 0 Å².